The number of hydrogen-bond acceptors (Lipinski definition) is 3. The van der Waals surface area contributed by atoms with Crippen LogP contribution in [0, 0.1) is 18.7 Å². The zero-order valence-corrected chi connectivity index (χ0v) is 21.3. The Morgan fingerprint density at radius 2 is 1.65 bits per heavy atom. The van der Waals surface area contributed by atoms with Crippen LogP contribution in [0.1, 0.15) is 25.0 Å². The SMILES string of the molecule is Cc1ccc(-n2nc(-c3ccccc3)cc2NC(=O)CN(CC(C)C)C(=O)Cc2ccc(F)cc2)cc1. The molecule has 0 radical (unpaired) electrons. The highest BCUT2D eigenvalue weighted by Gasteiger charge is 2.21. The van der Waals surface area contributed by atoms with Gasteiger partial charge in [0.25, 0.3) is 0 Å². The number of halogens is 1. The van der Waals surface area contributed by atoms with Gasteiger partial charge in [-0.3, -0.25) is 9.59 Å². The molecule has 0 saturated heterocycles. The van der Waals surface area contributed by atoms with Crippen molar-refractivity contribution in [1.82, 2.24) is 14.7 Å². The molecule has 0 aliphatic heterocycles. The molecular formula is C30H31FN4O2. The minimum absolute atomic E-state index is 0.0970. The molecule has 0 aliphatic rings. The van der Waals surface area contributed by atoms with E-state index in [2.05, 4.69) is 5.32 Å². The molecule has 0 unspecified atom stereocenters. The maximum atomic E-state index is 13.3. The van der Waals surface area contributed by atoms with Crippen LogP contribution in [0.3, 0.4) is 0 Å². The van der Waals surface area contributed by atoms with Crippen LogP contribution in [0.2, 0.25) is 0 Å². The van der Waals surface area contributed by atoms with Gasteiger partial charge in [0.05, 0.1) is 24.3 Å². The molecule has 190 valence electrons. The second-order valence-electron chi connectivity index (χ2n) is 9.55. The first-order valence-electron chi connectivity index (χ1n) is 12.3. The van der Waals surface area contributed by atoms with E-state index in [4.69, 9.17) is 5.10 Å². The van der Waals surface area contributed by atoms with Crippen molar-refractivity contribution in [2.24, 2.45) is 5.92 Å². The van der Waals surface area contributed by atoms with Gasteiger partial charge in [-0.1, -0.05) is 74.0 Å². The molecule has 7 heteroatoms. The van der Waals surface area contributed by atoms with Gasteiger partial charge in [0, 0.05) is 18.2 Å². The molecule has 0 bridgehead atoms. The molecule has 4 rings (SSSR count). The molecule has 0 atom stereocenters. The normalized spacial score (nSPS) is 10.9. The van der Waals surface area contributed by atoms with Gasteiger partial charge in [-0.05, 0) is 42.7 Å². The molecular weight excluding hydrogens is 467 g/mol. The van der Waals surface area contributed by atoms with E-state index in [1.165, 1.54) is 12.1 Å². The fourth-order valence-corrected chi connectivity index (χ4v) is 4.04. The second-order valence-corrected chi connectivity index (χ2v) is 9.55. The Hall–Kier alpha value is -4.26. The molecule has 1 aromatic heterocycles. The maximum Gasteiger partial charge on any atom is 0.245 e. The molecule has 0 spiro atoms. The first-order valence-corrected chi connectivity index (χ1v) is 12.3. The Kier molecular flexibility index (Phi) is 8.13. The van der Waals surface area contributed by atoms with Crippen LogP contribution in [0.25, 0.3) is 16.9 Å². The number of nitrogens with zero attached hydrogens (tertiary/aromatic N) is 3. The van der Waals surface area contributed by atoms with E-state index in [9.17, 15) is 14.0 Å². The third kappa shape index (κ3) is 6.91. The first-order chi connectivity index (χ1) is 17.8. The summed E-state index contributed by atoms with van der Waals surface area (Å²) in [5, 5.41) is 7.71. The molecule has 3 aromatic carbocycles. The lowest BCUT2D eigenvalue weighted by atomic mass is 10.1. The number of amides is 2. The molecule has 6 nitrogen and oxygen atoms in total. The van der Waals surface area contributed by atoms with Crippen molar-refractivity contribution < 1.29 is 14.0 Å². The van der Waals surface area contributed by atoms with Gasteiger partial charge in [0.1, 0.15) is 11.6 Å². The number of benzene rings is 3. The lowest BCUT2D eigenvalue weighted by molar-refractivity contribution is -0.134. The molecule has 37 heavy (non-hydrogen) atoms. The molecule has 0 aliphatic carbocycles. The Morgan fingerprint density at radius 3 is 2.30 bits per heavy atom. The third-order valence-corrected chi connectivity index (χ3v) is 5.87. The summed E-state index contributed by atoms with van der Waals surface area (Å²) in [6.45, 7) is 6.33. The summed E-state index contributed by atoms with van der Waals surface area (Å²) in [6, 6.07) is 25.3. The van der Waals surface area contributed by atoms with Crippen molar-refractivity contribution in [2.75, 3.05) is 18.4 Å². The lowest BCUT2D eigenvalue weighted by Crippen LogP contribution is -2.41. The number of anilines is 1. The second kappa shape index (κ2) is 11.6. The fourth-order valence-electron chi connectivity index (χ4n) is 4.04. The minimum atomic E-state index is -0.352. The van der Waals surface area contributed by atoms with Crippen molar-refractivity contribution in [1.29, 1.82) is 0 Å². The minimum Gasteiger partial charge on any atom is -0.333 e. The lowest BCUT2D eigenvalue weighted by Gasteiger charge is -2.24. The summed E-state index contributed by atoms with van der Waals surface area (Å²) in [5.74, 6) is -0.168. The van der Waals surface area contributed by atoms with E-state index >= 15 is 0 Å². The van der Waals surface area contributed by atoms with Crippen LogP contribution in [0.5, 0.6) is 0 Å². The third-order valence-electron chi connectivity index (χ3n) is 5.87. The summed E-state index contributed by atoms with van der Waals surface area (Å²) in [7, 11) is 0. The summed E-state index contributed by atoms with van der Waals surface area (Å²) < 4.78 is 15.0. The van der Waals surface area contributed by atoms with Gasteiger partial charge >= 0.3 is 0 Å². The van der Waals surface area contributed by atoms with Crippen molar-refractivity contribution in [3.63, 3.8) is 0 Å². The monoisotopic (exact) mass is 498 g/mol. The van der Waals surface area contributed by atoms with Crippen LogP contribution in [-0.4, -0.2) is 39.6 Å². The van der Waals surface area contributed by atoms with Gasteiger partial charge < -0.3 is 10.2 Å². The number of aromatic nitrogens is 2. The number of nitrogens with one attached hydrogen (secondary N) is 1. The van der Waals surface area contributed by atoms with Gasteiger partial charge in [-0.25, -0.2) is 9.07 Å². The van der Waals surface area contributed by atoms with Crippen LogP contribution < -0.4 is 5.32 Å². The fraction of sp³-hybridized carbons (Fsp3) is 0.233. The van der Waals surface area contributed by atoms with E-state index < -0.39 is 0 Å². The molecule has 4 aromatic rings. The van der Waals surface area contributed by atoms with Crippen molar-refractivity contribution in [3.05, 3.63) is 102 Å². The number of aryl methyl sites for hydroxylation is 1. The zero-order valence-electron chi connectivity index (χ0n) is 21.3. The van der Waals surface area contributed by atoms with E-state index in [0.29, 0.717) is 17.9 Å². The average molecular weight is 499 g/mol. The quantitative estimate of drug-likeness (QED) is 0.324. The smallest absolute Gasteiger partial charge is 0.245 e. The number of carbonyl (C=O) groups is 2. The summed E-state index contributed by atoms with van der Waals surface area (Å²) in [4.78, 5) is 27.8. The highest BCUT2D eigenvalue weighted by Crippen LogP contribution is 2.25. The zero-order chi connectivity index (χ0) is 26.4. The predicted molar refractivity (Wildman–Crippen MR) is 144 cm³/mol. The van der Waals surface area contributed by atoms with Crippen molar-refractivity contribution >= 4 is 17.6 Å². The maximum absolute atomic E-state index is 13.3. The van der Waals surface area contributed by atoms with E-state index in [-0.39, 0.29) is 36.5 Å². The van der Waals surface area contributed by atoms with Gasteiger partial charge in [-0.2, -0.15) is 5.10 Å². The van der Waals surface area contributed by atoms with E-state index in [1.807, 2.05) is 81.4 Å². The highest BCUT2D eigenvalue weighted by atomic mass is 19.1. The van der Waals surface area contributed by atoms with Crippen LogP contribution >= 0.6 is 0 Å². The van der Waals surface area contributed by atoms with Gasteiger partial charge in [-0.15, -0.1) is 0 Å². The Bertz CT molecular complexity index is 1350. The predicted octanol–water partition coefficient (Wildman–Crippen LogP) is 5.65. The van der Waals surface area contributed by atoms with Crippen LogP contribution in [0.15, 0.2) is 84.9 Å². The summed E-state index contributed by atoms with van der Waals surface area (Å²) in [6.07, 6.45) is 0.0970. The van der Waals surface area contributed by atoms with Crippen molar-refractivity contribution in [2.45, 2.75) is 27.2 Å². The Labute approximate surface area is 216 Å². The molecule has 0 fully saturated rings. The summed E-state index contributed by atoms with van der Waals surface area (Å²) >= 11 is 0. The number of carbonyl (C=O) groups excluding carboxylic acids is 2. The summed E-state index contributed by atoms with van der Waals surface area (Å²) in [5.41, 5.74) is 4.29. The topological polar surface area (TPSA) is 67.2 Å². The average Bonchev–Trinajstić information content (AvgIpc) is 3.29. The Morgan fingerprint density at radius 1 is 0.973 bits per heavy atom. The van der Waals surface area contributed by atoms with Gasteiger partial charge in [0.2, 0.25) is 11.8 Å². The number of hydrogen-bond donors (Lipinski definition) is 1. The number of rotatable bonds is 9. The van der Waals surface area contributed by atoms with Gasteiger partial charge in [0.15, 0.2) is 0 Å². The van der Waals surface area contributed by atoms with Crippen LogP contribution in [-0.2, 0) is 16.0 Å². The largest absolute Gasteiger partial charge is 0.333 e. The first kappa shape index (κ1) is 25.8. The van der Waals surface area contributed by atoms with E-state index in [1.54, 1.807) is 21.7 Å². The van der Waals surface area contributed by atoms with Crippen molar-refractivity contribution in [3.8, 4) is 16.9 Å². The molecule has 1 N–H and O–H groups in total. The Balaban J connectivity index is 1.56. The van der Waals surface area contributed by atoms with E-state index in [0.717, 1.165) is 22.5 Å². The molecule has 0 saturated carbocycles. The molecule has 2 amide bonds. The standard InChI is InChI=1S/C30H31FN4O2/c1-21(2)19-34(30(37)17-23-11-13-25(31)14-12-23)20-29(36)32-28-18-27(24-7-5-4-6-8-24)33-35(28)26-15-9-22(3)10-16-26/h4-16,18,21H,17,19-20H2,1-3H3,(H,32,36). The van der Waals surface area contributed by atoms with Crippen LogP contribution in [0.4, 0.5) is 10.2 Å². The highest BCUT2D eigenvalue weighted by molar-refractivity contribution is 5.95. The molecule has 1 heterocycles.